The van der Waals surface area contributed by atoms with Crippen LogP contribution in [0.1, 0.15) is 47.5 Å². The average Bonchev–Trinajstić information content (AvgIpc) is 2.08. The number of rotatable bonds is 2. The summed E-state index contributed by atoms with van der Waals surface area (Å²) >= 11 is 0. The predicted molar refractivity (Wildman–Crippen MR) is 56.3 cm³/mol. The van der Waals surface area contributed by atoms with E-state index in [2.05, 4.69) is 26.1 Å². The van der Waals surface area contributed by atoms with E-state index in [1.165, 1.54) is 12.8 Å². The molecule has 0 radical (unpaired) electrons. The molecule has 0 aromatic heterocycles. The maximum Gasteiger partial charge on any atom is 1.00 e. The molecule has 0 amide bonds. The smallest absolute Gasteiger partial charge is 0.668 e. The van der Waals surface area contributed by atoms with Gasteiger partial charge in [0, 0.05) is 0 Å². The first-order chi connectivity index (χ1) is 5.22. The number of nitrogens with zero attached hydrogens (tertiary/aromatic N) is 1. The van der Waals surface area contributed by atoms with Crippen molar-refractivity contribution >= 4 is 0 Å². The predicted octanol–water partition coefficient (Wildman–Crippen LogP) is 1.09. The molecule has 0 aliphatic carbocycles. The Hall–Kier alpha value is 1.60. The Labute approximate surface area is 123 Å². The van der Waals surface area contributed by atoms with Crippen molar-refractivity contribution in [2.45, 2.75) is 47.5 Å². The fraction of sp³-hybridized carbons (Fsp3) is 1.00. The van der Waals surface area contributed by atoms with E-state index in [9.17, 15) is 0 Å². The third-order valence-electron chi connectivity index (χ3n) is 1.39. The van der Waals surface area contributed by atoms with Crippen LogP contribution in [0.15, 0.2) is 0 Å². The van der Waals surface area contributed by atoms with Crippen molar-refractivity contribution < 1.29 is 51.4 Å². The molecule has 0 bridgehead atoms. The van der Waals surface area contributed by atoms with Gasteiger partial charge in [-0.2, -0.15) is 14.1 Å². The van der Waals surface area contributed by atoms with Crippen LogP contribution in [0.25, 0.3) is 5.32 Å². The number of hydrogen-bond acceptors (Lipinski definition) is 0. The van der Waals surface area contributed by atoms with E-state index in [4.69, 9.17) is 0 Å². The van der Waals surface area contributed by atoms with Crippen LogP contribution >= 0.6 is 0 Å². The van der Waals surface area contributed by atoms with Gasteiger partial charge in [-0.3, -0.25) is 0 Å². The van der Waals surface area contributed by atoms with Crippen molar-refractivity contribution in [1.29, 1.82) is 0 Å². The van der Waals surface area contributed by atoms with Crippen LogP contribution in [0.5, 0.6) is 0 Å². The molecule has 0 saturated heterocycles. The monoisotopic (exact) mass is 199 g/mol. The fourth-order valence-electron chi connectivity index (χ4n) is 0.289. The van der Waals surface area contributed by atoms with Gasteiger partial charge in [0.15, 0.2) is 0 Å². The molecule has 0 saturated carbocycles. The summed E-state index contributed by atoms with van der Waals surface area (Å²) in [6, 6.07) is 0. The van der Waals surface area contributed by atoms with Crippen LogP contribution in [0.3, 0.4) is 0 Å². The van der Waals surface area contributed by atoms with Crippen molar-refractivity contribution in [1.82, 2.24) is 0 Å². The molecule has 0 fully saturated rings. The summed E-state index contributed by atoms with van der Waals surface area (Å²) in [7, 11) is 3.50. The molecule has 0 atom stereocenters. The van der Waals surface area contributed by atoms with Gasteiger partial charge in [0.05, 0.1) is 0 Å². The minimum atomic E-state index is 0. The summed E-state index contributed by atoms with van der Waals surface area (Å²) in [5.41, 5.74) is 0. The largest absolute Gasteiger partial charge is 1.00 e. The Kier molecular flexibility index (Phi) is 57.3. The summed E-state index contributed by atoms with van der Waals surface area (Å²) in [5, 5.41) is 3.50. The molecule has 12 heavy (non-hydrogen) atoms. The van der Waals surface area contributed by atoms with Crippen LogP contribution in [-0.2, 0) is 0 Å². The summed E-state index contributed by atoms with van der Waals surface area (Å²) in [6.07, 6.45) is 2.66. The minimum Gasteiger partial charge on any atom is -0.668 e. The van der Waals surface area contributed by atoms with E-state index in [-0.39, 0.29) is 51.4 Å². The molecule has 0 N–H and O–H groups in total. The van der Waals surface area contributed by atoms with E-state index in [1.807, 2.05) is 13.8 Å². The van der Waals surface area contributed by atoms with Crippen molar-refractivity contribution in [2.24, 2.45) is 5.92 Å². The molecule has 2 heteroatoms. The average molecular weight is 199 g/mol. The van der Waals surface area contributed by atoms with Crippen molar-refractivity contribution in [2.75, 3.05) is 14.1 Å². The van der Waals surface area contributed by atoms with Gasteiger partial charge < -0.3 is 5.32 Å². The summed E-state index contributed by atoms with van der Waals surface area (Å²) in [5.74, 6) is 0.935. The van der Waals surface area contributed by atoms with Crippen LogP contribution in [0.2, 0.25) is 0 Å². The quantitative estimate of drug-likeness (QED) is 0.591. The zero-order valence-electron chi connectivity index (χ0n) is 10.4. The third kappa shape index (κ3) is 41.6. The van der Waals surface area contributed by atoms with E-state index in [0.717, 1.165) is 5.92 Å². The van der Waals surface area contributed by atoms with Crippen molar-refractivity contribution in [3.63, 3.8) is 0 Å². The second-order valence-electron chi connectivity index (χ2n) is 2.37. The Bertz CT molecular complexity index is 36.8. The van der Waals surface area contributed by atoms with Gasteiger partial charge in [-0.1, -0.05) is 47.5 Å². The van der Waals surface area contributed by atoms with Crippen LogP contribution in [-0.4, -0.2) is 14.1 Å². The van der Waals surface area contributed by atoms with Gasteiger partial charge in [-0.05, 0) is 5.92 Å². The SMILES string of the molecule is CC.CCC(C)CC.C[N-]C.[K+]. The molecule has 0 aliphatic heterocycles. The van der Waals surface area contributed by atoms with Crippen LogP contribution in [0.4, 0.5) is 0 Å². The van der Waals surface area contributed by atoms with E-state index >= 15 is 0 Å². The van der Waals surface area contributed by atoms with Crippen LogP contribution < -0.4 is 51.4 Å². The third-order valence-corrected chi connectivity index (χ3v) is 1.39. The first kappa shape index (κ1) is 23.4. The molecule has 0 spiro atoms. The zero-order valence-corrected chi connectivity index (χ0v) is 13.6. The Morgan fingerprint density at radius 1 is 1.00 bits per heavy atom. The molecule has 0 rings (SSSR count). The standard InChI is InChI=1S/C6H14.C2H6N.C2H6.K/c1-4-6(3)5-2;1-3-2;1-2;/h6H,4-5H2,1-3H3;1-2H3;1-2H3;/q;-1;;+1. The van der Waals surface area contributed by atoms with E-state index < -0.39 is 0 Å². The Morgan fingerprint density at radius 2 is 1.17 bits per heavy atom. The van der Waals surface area contributed by atoms with Crippen molar-refractivity contribution in [3.05, 3.63) is 5.32 Å². The second-order valence-corrected chi connectivity index (χ2v) is 2.37. The molecular weight excluding hydrogens is 173 g/mol. The number of hydrogen-bond donors (Lipinski definition) is 0. The summed E-state index contributed by atoms with van der Waals surface area (Å²) in [4.78, 5) is 0. The molecule has 1 nitrogen and oxygen atoms in total. The Balaban J connectivity index is -0.0000000462. The van der Waals surface area contributed by atoms with Gasteiger partial charge in [-0.15, -0.1) is 0 Å². The first-order valence-electron chi connectivity index (χ1n) is 4.70. The normalized spacial score (nSPS) is 7.00. The van der Waals surface area contributed by atoms with Crippen LogP contribution in [0, 0.1) is 5.92 Å². The molecule has 0 unspecified atom stereocenters. The Morgan fingerprint density at radius 3 is 1.17 bits per heavy atom. The summed E-state index contributed by atoms with van der Waals surface area (Å²) < 4.78 is 0. The van der Waals surface area contributed by atoms with Gasteiger partial charge >= 0.3 is 51.4 Å². The van der Waals surface area contributed by atoms with Gasteiger partial charge in [-0.25, -0.2) is 0 Å². The molecule has 0 aromatic rings. The topological polar surface area (TPSA) is 14.1 Å². The van der Waals surface area contributed by atoms with Gasteiger partial charge in [0.25, 0.3) is 0 Å². The zero-order chi connectivity index (χ0) is 9.70. The maximum atomic E-state index is 3.50. The summed E-state index contributed by atoms with van der Waals surface area (Å²) in [6.45, 7) is 10.7. The molecule has 0 aliphatic rings. The molecular formula is C10H26KN. The maximum absolute atomic E-state index is 3.50. The van der Waals surface area contributed by atoms with E-state index in [0.29, 0.717) is 0 Å². The fourth-order valence-corrected chi connectivity index (χ4v) is 0.289. The van der Waals surface area contributed by atoms with Gasteiger partial charge in [0.1, 0.15) is 0 Å². The second kappa shape index (κ2) is 29.4. The molecule has 0 heterocycles. The van der Waals surface area contributed by atoms with E-state index in [1.54, 1.807) is 14.1 Å². The van der Waals surface area contributed by atoms with Gasteiger partial charge in [0.2, 0.25) is 0 Å². The molecule has 0 aromatic carbocycles. The van der Waals surface area contributed by atoms with Crippen molar-refractivity contribution in [3.8, 4) is 0 Å². The first-order valence-corrected chi connectivity index (χ1v) is 4.70. The molecule has 72 valence electrons. The minimum absolute atomic E-state index is 0.